The lowest BCUT2D eigenvalue weighted by atomic mass is 10.6. The fourth-order valence-electron chi connectivity index (χ4n) is 1.11. The minimum absolute atomic E-state index is 0.998. The van der Waals surface area contributed by atoms with Crippen LogP contribution in [0.15, 0.2) is 18.6 Å². The molecule has 0 amide bonds. The van der Waals surface area contributed by atoms with Crippen molar-refractivity contribution in [2.24, 2.45) is 7.05 Å². The van der Waals surface area contributed by atoms with E-state index in [0.29, 0.717) is 0 Å². The van der Waals surface area contributed by atoms with E-state index >= 15 is 0 Å². The van der Waals surface area contributed by atoms with Crippen LogP contribution in [-0.2, 0) is 7.05 Å². The molecule has 2 aromatic heterocycles. The van der Waals surface area contributed by atoms with Crippen LogP contribution in [0.5, 0.6) is 0 Å². The summed E-state index contributed by atoms with van der Waals surface area (Å²) in [5.41, 5.74) is 1.18. The maximum atomic E-state index is 4.20. The molecule has 0 atom stereocenters. The molecule has 0 N–H and O–H groups in total. The maximum absolute atomic E-state index is 4.20. The van der Waals surface area contributed by atoms with Gasteiger partial charge in [0.05, 0.1) is 6.20 Å². The van der Waals surface area contributed by atoms with Crippen molar-refractivity contribution in [3.05, 3.63) is 24.3 Å². The Morgan fingerprint density at radius 2 is 2.20 bits per heavy atom. The van der Waals surface area contributed by atoms with Crippen molar-refractivity contribution in [1.82, 2.24) is 14.0 Å². The molecular formula is C7H9N3. The first-order chi connectivity index (χ1) is 4.79. The molecule has 0 aliphatic heterocycles. The third-order valence-corrected chi connectivity index (χ3v) is 1.72. The molecule has 0 fully saturated rings. The van der Waals surface area contributed by atoms with Gasteiger partial charge in [0.2, 0.25) is 5.78 Å². The van der Waals surface area contributed by atoms with Gasteiger partial charge in [0, 0.05) is 25.1 Å². The Kier molecular flexibility index (Phi) is 0.897. The van der Waals surface area contributed by atoms with E-state index in [0.717, 1.165) is 5.78 Å². The lowest BCUT2D eigenvalue weighted by molar-refractivity contribution is 0.936. The molecule has 0 saturated heterocycles. The Balaban J connectivity index is 2.95. The number of aromatic nitrogens is 3. The van der Waals surface area contributed by atoms with Gasteiger partial charge in [-0.2, -0.15) is 0 Å². The van der Waals surface area contributed by atoms with E-state index in [1.54, 1.807) is 0 Å². The summed E-state index contributed by atoms with van der Waals surface area (Å²) in [5, 5.41) is 0. The van der Waals surface area contributed by atoms with E-state index in [9.17, 15) is 0 Å². The predicted molar refractivity (Wildman–Crippen MR) is 38.9 cm³/mol. The van der Waals surface area contributed by atoms with E-state index in [2.05, 4.69) is 9.38 Å². The van der Waals surface area contributed by atoms with Crippen molar-refractivity contribution in [2.45, 2.75) is 6.92 Å². The van der Waals surface area contributed by atoms with Gasteiger partial charge in [-0.15, -0.1) is 0 Å². The van der Waals surface area contributed by atoms with Gasteiger partial charge in [-0.3, -0.25) is 4.40 Å². The summed E-state index contributed by atoms with van der Waals surface area (Å²) in [5.74, 6) is 0.998. The van der Waals surface area contributed by atoms with Crippen LogP contribution >= 0.6 is 0 Å². The molecule has 0 saturated carbocycles. The van der Waals surface area contributed by atoms with Crippen LogP contribution < -0.4 is 0 Å². The van der Waals surface area contributed by atoms with Crippen LogP contribution in [0, 0.1) is 6.92 Å². The molecule has 3 heteroatoms. The molecule has 3 nitrogen and oxygen atoms in total. The van der Waals surface area contributed by atoms with E-state index in [1.807, 2.05) is 37.1 Å². The zero-order valence-electron chi connectivity index (χ0n) is 6.07. The number of hydrogen-bond donors (Lipinski definition) is 0. The maximum Gasteiger partial charge on any atom is 0.213 e. The third kappa shape index (κ3) is 0.518. The number of imidazole rings is 2. The Bertz CT molecular complexity index is 320. The highest BCUT2D eigenvalue weighted by Gasteiger charge is 1.99. The van der Waals surface area contributed by atoms with Crippen molar-refractivity contribution in [3.8, 4) is 0 Å². The molecule has 0 spiro atoms. The highest BCUT2D eigenvalue weighted by molar-refractivity contribution is 5.32. The lowest BCUT2D eigenvalue weighted by Gasteiger charge is -1.86. The second-order valence-electron chi connectivity index (χ2n) is 2.48. The van der Waals surface area contributed by atoms with Crippen molar-refractivity contribution in [1.29, 1.82) is 0 Å². The normalized spacial score (nSPS) is 11.0. The SMILES string of the molecule is Cc1cnc2n(C)ccn12. The third-order valence-electron chi connectivity index (χ3n) is 1.72. The first kappa shape index (κ1) is 5.53. The second-order valence-corrected chi connectivity index (χ2v) is 2.48. The Morgan fingerprint density at radius 3 is 2.90 bits per heavy atom. The summed E-state index contributed by atoms with van der Waals surface area (Å²) in [7, 11) is 1.99. The Morgan fingerprint density at radius 1 is 1.40 bits per heavy atom. The number of aryl methyl sites for hydroxylation is 2. The summed E-state index contributed by atoms with van der Waals surface area (Å²) in [6.07, 6.45) is 5.88. The molecule has 0 radical (unpaired) electrons. The first-order valence-electron chi connectivity index (χ1n) is 3.24. The Labute approximate surface area is 58.9 Å². The molecule has 2 heterocycles. The van der Waals surface area contributed by atoms with Gasteiger partial charge in [-0.25, -0.2) is 4.98 Å². The molecule has 0 aromatic carbocycles. The Hall–Kier alpha value is -1.25. The minimum Gasteiger partial charge on any atom is -0.320 e. The average molecular weight is 135 g/mol. The van der Waals surface area contributed by atoms with Crippen molar-refractivity contribution in [3.63, 3.8) is 0 Å². The summed E-state index contributed by atoms with van der Waals surface area (Å²) in [6.45, 7) is 2.04. The van der Waals surface area contributed by atoms with Crippen LogP contribution in [0.25, 0.3) is 5.78 Å². The van der Waals surface area contributed by atoms with E-state index < -0.39 is 0 Å². The molecular weight excluding hydrogens is 126 g/mol. The van der Waals surface area contributed by atoms with Gasteiger partial charge in [0.15, 0.2) is 0 Å². The van der Waals surface area contributed by atoms with Crippen molar-refractivity contribution >= 4 is 5.78 Å². The largest absolute Gasteiger partial charge is 0.320 e. The van der Waals surface area contributed by atoms with Gasteiger partial charge < -0.3 is 4.57 Å². The number of rotatable bonds is 0. The summed E-state index contributed by atoms with van der Waals surface area (Å²) in [4.78, 5) is 4.20. The molecule has 10 heavy (non-hydrogen) atoms. The van der Waals surface area contributed by atoms with Gasteiger partial charge >= 0.3 is 0 Å². The summed E-state index contributed by atoms with van der Waals surface area (Å²) < 4.78 is 4.05. The molecule has 2 rings (SSSR count). The summed E-state index contributed by atoms with van der Waals surface area (Å²) in [6, 6.07) is 0. The van der Waals surface area contributed by atoms with Gasteiger partial charge in [-0.1, -0.05) is 0 Å². The highest BCUT2D eigenvalue weighted by atomic mass is 15.2. The fourth-order valence-corrected chi connectivity index (χ4v) is 1.11. The minimum atomic E-state index is 0.998. The quantitative estimate of drug-likeness (QED) is 0.528. The average Bonchev–Trinajstić information content (AvgIpc) is 2.41. The summed E-state index contributed by atoms with van der Waals surface area (Å²) >= 11 is 0. The fraction of sp³-hybridized carbons (Fsp3) is 0.286. The lowest BCUT2D eigenvalue weighted by Crippen LogP contribution is -1.86. The van der Waals surface area contributed by atoms with Crippen LogP contribution in [0.4, 0.5) is 0 Å². The zero-order valence-corrected chi connectivity index (χ0v) is 6.07. The number of nitrogens with zero attached hydrogens (tertiary/aromatic N) is 3. The molecule has 52 valence electrons. The smallest absolute Gasteiger partial charge is 0.213 e. The highest BCUT2D eigenvalue weighted by Crippen LogP contribution is 2.04. The van der Waals surface area contributed by atoms with Gasteiger partial charge in [0.25, 0.3) is 0 Å². The van der Waals surface area contributed by atoms with Crippen LogP contribution in [0.3, 0.4) is 0 Å². The van der Waals surface area contributed by atoms with E-state index in [-0.39, 0.29) is 0 Å². The monoisotopic (exact) mass is 135 g/mol. The van der Waals surface area contributed by atoms with Crippen LogP contribution in [0.1, 0.15) is 5.69 Å². The van der Waals surface area contributed by atoms with E-state index in [4.69, 9.17) is 0 Å². The van der Waals surface area contributed by atoms with E-state index in [1.165, 1.54) is 5.69 Å². The van der Waals surface area contributed by atoms with Crippen LogP contribution in [-0.4, -0.2) is 14.0 Å². The van der Waals surface area contributed by atoms with Gasteiger partial charge in [0.1, 0.15) is 0 Å². The second kappa shape index (κ2) is 1.62. The van der Waals surface area contributed by atoms with Gasteiger partial charge in [-0.05, 0) is 6.92 Å². The van der Waals surface area contributed by atoms with Crippen molar-refractivity contribution < 1.29 is 0 Å². The number of hydrogen-bond acceptors (Lipinski definition) is 1. The van der Waals surface area contributed by atoms with Crippen LogP contribution in [0.2, 0.25) is 0 Å². The molecule has 2 aromatic rings. The molecule has 0 aliphatic carbocycles. The standard InChI is InChI=1S/C7H9N3/c1-6-5-8-7-9(2)3-4-10(6)7/h3-5H,1-2H3. The predicted octanol–water partition coefficient (Wildman–Crippen LogP) is 0.981. The topological polar surface area (TPSA) is 22.2 Å². The molecule has 0 bridgehead atoms. The van der Waals surface area contributed by atoms with Crippen molar-refractivity contribution in [2.75, 3.05) is 0 Å². The first-order valence-corrected chi connectivity index (χ1v) is 3.24. The molecule has 0 unspecified atom stereocenters. The zero-order chi connectivity index (χ0) is 7.14. The number of fused-ring (bicyclic) bond motifs is 1. The molecule has 0 aliphatic rings.